The Morgan fingerprint density at radius 1 is 1.10 bits per heavy atom. The highest BCUT2D eigenvalue weighted by molar-refractivity contribution is 5.93. The van der Waals surface area contributed by atoms with Gasteiger partial charge in [0.05, 0.1) is 6.20 Å². The number of ether oxygens (including phenoxy) is 1. The van der Waals surface area contributed by atoms with Crippen LogP contribution < -0.4 is 26.4 Å². The maximum atomic E-state index is 14.2. The highest BCUT2D eigenvalue weighted by atomic mass is 19.1. The standard InChI is InChI=1S/C20H19FN6O3/c1-23-17(28)11-30-15-7-3-6-14(9-15)26-20-24-10-16(21)19(27-20)25-13-5-2-4-12(8-13)18(22)29/h2-10H,11H2,1H3,(H2,22,29)(H,23,28)(H2,24,25,26,27). The number of primary amides is 1. The maximum Gasteiger partial charge on any atom is 0.257 e. The fourth-order valence-electron chi connectivity index (χ4n) is 2.42. The summed E-state index contributed by atoms with van der Waals surface area (Å²) in [5.41, 5.74) is 6.57. The Kier molecular flexibility index (Phi) is 6.38. The van der Waals surface area contributed by atoms with Gasteiger partial charge in [-0.1, -0.05) is 12.1 Å². The molecular formula is C20H19FN6O3. The number of aromatic nitrogens is 2. The van der Waals surface area contributed by atoms with Crippen molar-refractivity contribution >= 4 is 35.0 Å². The molecule has 2 aromatic carbocycles. The van der Waals surface area contributed by atoms with Gasteiger partial charge in [0.2, 0.25) is 11.9 Å². The van der Waals surface area contributed by atoms with Crippen LogP contribution in [0.25, 0.3) is 0 Å². The van der Waals surface area contributed by atoms with E-state index >= 15 is 0 Å². The number of hydrogen-bond acceptors (Lipinski definition) is 7. The van der Waals surface area contributed by atoms with Crippen LogP contribution in [0.3, 0.4) is 0 Å². The zero-order valence-corrected chi connectivity index (χ0v) is 16.0. The smallest absolute Gasteiger partial charge is 0.257 e. The number of nitrogens with two attached hydrogens (primary N) is 1. The first-order valence-electron chi connectivity index (χ1n) is 8.84. The van der Waals surface area contributed by atoms with E-state index in [1.165, 1.54) is 13.1 Å². The van der Waals surface area contributed by atoms with E-state index < -0.39 is 11.7 Å². The van der Waals surface area contributed by atoms with Crippen LogP contribution >= 0.6 is 0 Å². The summed E-state index contributed by atoms with van der Waals surface area (Å²) in [7, 11) is 1.52. The second-order valence-electron chi connectivity index (χ2n) is 6.07. The molecule has 0 aliphatic rings. The molecule has 5 N–H and O–H groups in total. The SMILES string of the molecule is CNC(=O)COc1cccc(Nc2ncc(F)c(Nc3cccc(C(N)=O)c3)n2)c1. The van der Waals surface area contributed by atoms with Gasteiger partial charge < -0.3 is 26.4 Å². The van der Waals surface area contributed by atoms with Gasteiger partial charge >= 0.3 is 0 Å². The Balaban J connectivity index is 1.75. The van der Waals surface area contributed by atoms with E-state index in [2.05, 4.69) is 25.9 Å². The maximum absolute atomic E-state index is 14.2. The second-order valence-corrected chi connectivity index (χ2v) is 6.07. The third kappa shape index (κ3) is 5.41. The first-order valence-corrected chi connectivity index (χ1v) is 8.84. The van der Waals surface area contributed by atoms with Crippen LogP contribution in [0.2, 0.25) is 0 Å². The molecule has 10 heteroatoms. The Hall–Kier alpha value is -4.21. The first kappa shape index (κ1) is 20.5. The Labute approximate surface area is 171 Å². The van der Waals surface area contributed by atoms with Gasteiger partial charge in [0, 0.05) is 30.1 Å². The summed E-state index contributed by atoms with van der Waals surface area (Å²) in [6.45, 7) is -0.120. The van der Waals surface area contributed by atoms with E-state index in [9.17, 15) is 14.0 Å². The number of carbonyl (C=O) groups excluding carboxylic acids is 2. The van der Waals surface area contributed by atoms with Crippen LogP contribution in [0.15, 0.2) is 54.7 Å². The molecule has 3 rings (SSSR count). The molecule has 0 aliphatic heterocycles. The lowest BCUT2D eigenvalue weighted by Gasteiger charge is -2.11. The topological polar surface area (TPSA) is 131 Å². The molecule has 0 fully saturated rings. The molecule has 2 amide bonds. The van der Waals surface area contributed by atoms with Crippen LogP contribution in [0.4, 0.5) is 27.5 Å². The molecule has 0 spiro atoms. The number of amides is 2. The summed E-state index contributed by atoms with van der Waals surface area (Å²) in [6.07, 6.45) is 1.02. The zero-order valence-electron chi connectivity index (χ0n) is 16.0. The molecule has 1 aromatic heterocycles. The van der Waals surface area contributed by atoms with E-state index in [-0.39, 0.29) is 29.8 Å². The third-order valence-electron chi connectivity index (χ3n) is 3.89. The molecule has 0 radical (unpaired) electrons. The van der Waals surface area contributed by atoms with Crippen LogP contribution in [-0.2, 0) is 4.79 Å². The van der Waals surface area contributed by atoms with Gasteiger partial charge in [0.1, 0.15) is 5.75 Å². The van der Waals surface area contributed by atoms with Crippen molar-refractivity contribution in [2.75, 3.05) is 24.3 Å². The fraction of sp³-hybridized carbons (Fsp3) is 0.100. The molecule has 0 bridgehead atoms. The number of halogens is 1. The van der Waals surface area contributed by atoms with E-state index in [0.717, 1.165) is 6.20 Å². The largest absolute Gasteiger partial charge is 0.484 e. The number of anilines is 4. The number of benzene rings is 2. The lowest BCUT2D eigenvalue weighted by atomic mass is 10.2. The van der Waals surface area contributed by atoms with E-state index in [0.29, 0.717) is 17.1 Å². The molecule has 9 nitrogen and oxygen atoms in total. The molecule has 3 aromatic rings. The van der Waals surface area contributed by atoms with Crippen molar-refractivity contribution in [3.63, 3.8) is 0 Å². The van der Waals surface area contributed by atoms with Crippen LogP contribution in [0.5, 0.6) is 5.75 Å². The minimum absolute atomic E-state index is 0.0823. The van der Waals surface area contributed by atoms with Crippen molar-refractivity contribution < 1.29 is 18.7 Å². The zero-order chi connectivity index (χ0) is 21.5. The number of rotatable bonds is 8. The summed E-state index contributed by atoms with van der Waals surface area (Å²) in [5.74, 6) is -1.01. The van der Waals surface area contributed by atoms with Crippen LogP contribution in [-0.4, -0.2) is 35.4 Å². The van der Waals surface area contributed by atoms with Crippen molar-refractivity contribution in [1.82, 2.24) is 15.3 Å². The molecule has 154 valence electrons. The molecular weight excluding hydrogens is 391 g/mol. The van der Waals surface area contributed by atoms with E-state index in [4.69, 9.17) is 10.5 Å². The quantitative estimate of drug-likeness (QED) is 0.448. The van der Waals surface area contributed by atoms with Crippen molar-refractivity contribution in [2.45, 2.75) is 0 Å². The van der Waals surface area contributed by atoms with Crippen molar-refractivity contribution in [3.8, 4) is 5.75 Å². The number of carbonyl (C=O) groups is 2. The lowest BCUT2D eigenvalue weighted by Crippen LogP contribution is -2.24. The first-order chi connectivity index (χ1) is 14.4. The van der Waals surface area contributed by atoms with Gasteiger partial charge in [0.25, 0.3) is 5.91 Å². The van der Waals surface area contributed by atoms with Crippen LogP contribution in [0.1, 0.15) is 10.4 Å². The lowest BCUT2D eigenvalue weighted by molar-refractivity contribution is -0.122. The van der Waals surface area contributed by atoms with Gasteiger partial charge in [-0.15, -0.1) is 0 Å². The molecule has 0 unspecified atom stereocenters. The summed E-state index contributed by atoms with van der Waals surface area (Å²) in [4.78, 5) is 30.7. The number of nitrogens with zero attached hydrogens (tertiary/aromatic N) is 2. The van der Waals surface area contributed by atoms with E-state index in [1.54, 1.807) is 42.5 Å². The van der Waals surface area contributed by atoms with Crippen LogP contribution in [0, 0.1) is 5.82 Å². The molecule has 30 heavy (non-hydrogen) atoms. The highest BCUT2D eigenvalue weighted by Gasteiger charge is 2.10. The third-order valence-corrected chi connectivity index (χ3v) is 3.89. The van der Waals surface area contributed by atoms with E-state index in [1.807, 2.05) is 0 Å². The van der Waals surface area contributed by atoms with Gasteiger partial charge in [-0.25, -0.2) is 9.37 Å². The Bertz CT molecular complexity index is 1080. The van der Waals surface area contributed by atoms with Crippen molar-refractivity contribution in [1.29, 1.82) is 0 Å². The van der Waals surface area contributed by atoms with Gasteiger partial charge in [0.15, 0.2) is 18.2 Å². The number of nitrogens with one attached hydrogen (secondary N) is 3. The highest BCUT2D eigenvalue weighted by Crippen LogP contribution is 2.23. The van der Waals surface area contributed by atoms with Gasteiger partial charge in [-0.3, -0.25) is 9.59 Å². The second kappa shape index (κ2) is 9.32. The molecule has 1 heterocycles. The predicted octanol–water partition coefficient (Wildman–Crippen LogP) is 2.33. The van der Waals surface area contributed by atoms with Gasteiger partial charge in [-0.05, 0) is 30.3 Å². The summed E-state index contributed by atoms with van der Waals surface area (Å²) < 4.78 is 19.5. The Morgan fingerprint density at radius 2 is 1.83 bits per heavy atom. The minimum Gasteiger partial charge on any atom is -0.484 e. The Morgan fingerprint density at radius 3 is 2.57 bits per heavy atom. The minimum atomic E-state index is -0.673. The monoisotopic (exact) mass is 410 g/mol. The molecule has 0 aliphatic carbocycles. The normalized spacial score (nSPS) is 10.2. The fourth-order valence-corrected chi connectivity index (χ4v) is 2.42. The molecule has 0 saturated carbocycles. The summed E-state index contributed by atoms with van der Waals surface area (Å²) in [6, 6.07) is 13.1. The van der Waals surface area contributed by atoms with Crippen molar-refractivity contribution in [3.05, 3.63) is 66.1 Å². The average Bonchev–Trinajstić information content (AvgIpc) is 2.75. The summed E-state index contributed by atoms with van der Waals surface area (Å²) in [5, 5.41) is 8.21. The van der Waals surface area contributed by atoms with Gasteiger partial charge in [-0.2, -0.15) is 4.98 Å². The average molecular weight is 410 g/mol. The van der Waals surface area contributed by atoms with Crippen molar-refractivity contribution in [2.24, 2.45) is 5.73 Å². The number of hydrogen-bond donors (Lipinski definition) is 4. The number of likely N-dealkylation sites (N-methyl/N-ethyl adjacent to an activating group) is 1. The molecule has 0 saturated heterocycles. The summed E-state index contributed by atoms with van der Waals surface area (Å²) >= 11 is 0. The predicted molar refractivity (Wildman–Crippen MR) is 110 cm³/mol. The molecule has 0 atom stereocenters.